The third-order valence-corrected chi connectivity index (χ3v) is 5.54. The van der Waals surface area contributed by atoms with Gasteiger partial charge in [0.25, 0.3) is 0 Å². The minimum absolute atomic E-state index is 0.133. The number of hydrogen-bond acceptors (Lipinski definition) is 3. The summed E-state index contributed by atoms with van der Waals surface area (Å²) in [6.45, 7) is 6.50. The van der Waals surface area contributed by atoms with Crippen molar-refractivity contribution < 1.29 is 14.3 Å². The topological polar surface area (TPSA) is 49.9 Å². The number of benzene rings is 1. The molecule has 0 N–H and O–H groups in total. The molecule has 0 aliphatic carbocycles. The summed E-state index contributed by atoms with van der Waals surface area (Å²) in [6.07, 6.45) is 4.62. The number of rotatable bonds is 5. The van der Waals surface area contributed by atoms with Gasteiger partial charge < -0.3 is 14.5 Å². The Morgan fingerprint density at radius 2 is 1.84 bits per heavy atom. The molecule has 1 aromatic rings. The summed E-state index contributed by atoms with van der Waals surface area (Å²) < 4.78 is 5.14. The number of hydrogen-bond donors (Lipinski definition) is 0. The Morgan fingerprint density at radius 1 is 1.20 bits per heavy atom. The molecule has 2 fully saturated rings. The van der Waals surface area contributed by atoms with Crippen LogP contribution in [0.2, 0.25) is 0 Å². The van der Waals surface area contributed by atoms with Crippen LogP contribution < -0.4 is 4.74 Å². The maximum absolute atomic E-state index is 12.7. The first kappa shape index (κ1) is 17.5. The average Bonchev–Trinajstić information content (AvgIpc) is 2.93. The van der Waals surface area contributed by atoms with E-state index in [0.717, 1.165) is 37.1 Å². The highest BCUT2D eigenvalue weighted by Gasteiger charge is 2.48. The zero-order valence-corrected chi connectivity index (χ0v) is 14.9. The molecule has 0 atom stereocenters. The fourth-order valence-corrected chi connectivity index (χ4v) is 3.90. The highest BCUT2D eigenvalue weighted by atomic mass is 16.5. The Hall–Kier alpha value is -2.30. The summed E-state index contributed by atoms with van der Waals surface area (Å²) in [5, 5.41) is 0. The van der Waals surface area contributed by atoms with Crippen molar-refractivity contribution in [3.63, 3.8) is 0 Å². The number of amides is 2. The monoisotopic (exact) mass is 342 g/mol. The van der Waals surface area contributed by atoms with Crippen LogP contribution in [0.3, 0.4) is 0 Å². The summed E-state index contributed by atoms with van der Waals surface area (Å²) >= 11 is 0. The number of carbonyl (C=O) groups excluding carboxylic acids is 2. The van der Waals surface area contributed by atoms with E-state index in [1.54, 1.807) is 13.2 Å². The van der Waals surface area contributed by atoms with Crippen LogP contribution in [0, 0.1) is 5.41 Å². The van der Waals surface area contributed by atoms with Gasteiger partial charge in [0.15, 0.2) is 0 Å². The third-order valence-electron chi connectivity index (χ3n) is 5.54. The van der Waals surface area contributed by atoms with Crippen LogP contribution in [0.4, 0.5) is 0 Å². The summed E-state index contributed by atoms with van der Waals surface area (Å²) in [5.41, 5.74) is 0.736. The zero-order valence-electron chi connectivity index (χ0n) is 14.9. The van der Waals surface area contributed by atoms with Crippen LogP contribution in [-0.4, -0.2) is 54.9 Å². The lowest BCUT2D eigenvalue weighted by Crippen LogP contribution is -2.47. The van der Waals surface area contributed by atoms with E-state index in [1.807, 2.05) is 34.1 Å². The second-order valence-corrected chi connectivity index (χ2v) is 6.98. The van der Waals surface area contributed by atoms with Crippen LogP contribution >= 0.6 is 0 Å². The van der Waals surface area contributed by atoms with Gasteiger partial charge in [0.2, 0.25) is 11.8 Å². The minimum Gasteiger partial charge on any atom is -0.497 e. The van der Waals surface area contributed by atoms with Gasteiger partial charge in [-0.15, -0.1) is 6.58 Å². The van der Waals surface area contributed by atoms with Gasteiger partial charge in [-0.25, -0.2) is 0 Å². The number of likely N-dealkylation sites (tertiary alicyclic amines) is 2. The molecule has 134 valence electrons. The number of nitrogens with zero attached hydrogens (tertiary/aromatic N) is 2. The highest BCUT2D eigenvalue weighted by molar-refractivity contribution is 5.86. The second-order valence-electron chi connectivity index (χ2n) is 6.98. The molecule has 5 nitrogen and oxygen atoms in total. The molecule has 0 bridgehead atoms. The first-order valence-corrected chi connectivity index (χ1v) is 8.89. The fourth-order valence-electron chi connectivity index (χ4n) is 3.90. The van der Waals surface area contributed by atoms with Crippen LogP contribution in [-0.2, 0) is 16.0 Å². The molecular weight excluding hydrogens is 316 g/mol. The first-order valence-electron chi connectivity index (χ1n) is 8.89. The molecule has 2 amide bonds. The smallest absolute Gasteiger partial charge is 0.229 e. The van der Waals surface area contributed by atoms with Crippen molar-refractivity contribution in [3.05, 3.63) is 42.5 Å². The maximum Gasteiger partial charge on any atom is 0.229 e. The lowest BCUT2D eigenvalue weighted by atomic mass is 9.77. The summed E-state index contributed by atoms with van der Waals surface area (Å²) in [7, 11) is 1.63. The van der Waals surface area contributed by atoms with Crippen molar-refractivity contribution >= 4 is 11.8 Å². The molecule has 2 saturated heterocycles. The quantitative estimate of drug-likeness (QED) is 0.771. The molecule has 25 heavy (non-hydrogen) atoms. The molecule has 1 aromatic carbocycles. The third kappa shape index (κ3) is 3.55. The van der Waals surface area contributed by atoms with Crippen molar-refractivity contribution in [1.82, 2.24) is 9.80 Å². The Kier molecular flexibility index (Phi) is 5.11. The van der Waals surface area contributed by atoms with Crippen molar-refractivity contribution in [1.29, 1.82) is 0 Å². The van der Waals surface area contributed by atoms with Gasteiger partial charge in [-0.05, 0) is 37.0 Å². The molecule has 0 unspecified atom stereocenters. The largest absolute Gasteiger partial charge is 0.497 e. The average molecular weight is 342 g/mol. The predicted octanol–water partition coefficient (Wildman–Crippen LogP) is 2.26. The number of piperidine rings is 1. The fraction of sp³-hybridized carbons (Fsp3) is 0.500. The van der Waals surface area contributed by atoms with E-state index >= 15 is 0 Å². The molecule has 1 spiro atoms. The SMILES string of the molecule is C=CCN1CCC2(CCN(C(=O)Cc3ccc(OC)cc3)CC2)C1=O. The summed E-state index contributed by atoms with van der Waals surface area (Å²) in [4.78, 5) is 29.0. The molecule has 2 aliphatic heterocycles. The molecule has 0 aromatic heterocycles. The number of carbonyl (C=O) groups is 2. The molecule has 0 saturated carbocycles. The molecule has 3 rings (SSSR count). The Morgan fingerprint density at radius 3 is 2.44 bits per heavy atom. The van der Waals surface area contributed by atoms with E-state index in [2.05, 4.69) is 6.58 Å². The van der Waals surface area contributed by atoms with Crippen LogP contribution in [0.25, 0.3) is 0 Å². The Balaban J connectivity index is 1.55. The second kappa shape index (κ2) is 7.30. The maximum atomic E-state index is 12.7. The van der Waals surface area contributed by atoms with Crippen molar-refractivity contribution in [2.45, 2.75) is 25.7 Å². The summed E-state index contributed by atoms with van der Waals surface area (Å²) in [5.74, 6) is 1.17. The van der Waals surface area contributed by atoms with Gasteiger partial charge in [0.05, 0.1) is 18.9 Å². The van der Waals surface area contributed by atoms with Crippen molar-refractivity contribution in [2.75, 3.05) is 33.3 Å². The standard InChI is InChI=1S/C20H26N2O3/c1-3-11-22-14-10-20(19(22)24)8-12-21(13-9-20)18(23)15-16-4-6-17(25-2)7-5-16/h3-7H,1,8-15H2,2H3. The van der Waals surface area contributed by atoms with Gasteiger partial charge in [-0.1, -0.05) is 18.2 Å². The van der Waals surface area contributed by atoms with Crippen LogP contribution in [0.1, 0.15) is 24.8 Å². The zero-order chi connectivity index (χ0) is 17.9. The van der Waals surface area contributed by atoms with E-state index < -0.39 is 0 Å². The van der Waals surface area contributed by atoms with Gasteiger partial charge >= 0.3 is 0 Å². The summed E-state index contributed by atoms with van der Waals surface area (Å²) in [6, 6.07) is 7.60. The molecule has 5 heteroatoms. The van der Waals surface area contributed by atoms with E-state index in [1.165, 1.54) is 0 Å². The molecule has 2 aliphatic rings. The first-order chi connectivity index (χ1) is 12.1. The number of ether oxygens (including phenoxy) is 1. The van der Waals surface area contributed by atoms with Gasteiger partial charge in [0.1, 0.15) is 5.75 Å². The van der Waals surface area contributed by atoms with Crippen molar-refractivity contribution in [2.24, 2.45) is 5.41 Å². The predicted molar refractivity (Wildman–Crippen MR) is 96.3 cm³/mol. The molecule has 2 heterocycles. The van der Waals surface area contributed by atoms with Gasteiger partial charge in [0, 0.05) is 26.2 Å². The Bertz CT molecular complexity index is 645. The van der Waals surface area contributed by atoms with E-state index in [-0.39, 0.29) is 17.2 Å². The van der Waals surface area contributed by atoms with E-state index in [4.69, 9.17) is 4.74 Å². The van der Waals surface area contributed by atoms with E-state index in [0.29, 0.717) is 26.1 Å². The molecular formula is C20H26N2O3. The lowest BCUT2D eigenvalue weighted by Gasteiger charge is -2.38. The van der Waals surface area contributed by atoms with E-state index in [9.17, 15) is 9.59 Å². The van der Waals surface area contributed by atoms with Crippen molar-refractivity contribution in [3.8, 4) is 5.75 Å². The minimum atomic E-state index is -0.250. The van der Waals surface area contributed by atoms with Gasteiger partial charge in [-0.3, -0.25) is 9.59 Å². The van der Waals surface area contributed by atoms with Crippen LogP contribution in [0.15, 0.2) is 36.9 Å². The molecule has 0 radical (unpaired) electrons. The van der Waals surface area contributed by atoms with Gasteiger partial charge in [-0.2, -0.15) is 0 Å². The van der Waals surface area contributed by atoms with Crippen LogP contribution in [0.5, 0.6) is 5.75 Å². The Labute approximate surface area is 149 Å². The lowest BCUT2D eigenvalue weighted by molar-refractivity contribution is -0.142. The number of methoxy groups -OCH3 is 1. The normalized spacial score (nSPS) is 19.3. The highest BCUT2D eigenvalue weighted by Crippen LogP contribution is 2.41.